The first-order valence-electron chi connectivity index (χ1n) is 3.25. The number of benzene rings is 1. The van der Waals surface area contributed by atoms with Gasteiger partial charge in [0.2, 0.25) is 0 Å². The van der Waals surface area contributed by atoms with Crippen LogP contribution in [-0.2, 0) is 6.61 Å². The molecule has 0 amide bonds. The fourth-order valence-corrected chi connectivity index (χ4v) is 1.02. The second-order valence-electron chi connectivity index (χ2n) is 2.06. The van der Waals surface area contributed by atoms with Gasteiger partial charge in [-0.1, -0.05) is 12.1 Å². The number of halogens is 1. The molecule has 3 heteroatoms. The number of rotatable bonds is 3. The van der Waals surface area contributed by atoms with Crippen molar-refractivity contribution in [3.05, 3.63) is 29.8 Å². The number of alkyl halides is 1. The predicted molar refractivity (Wildman–Crippen MR) is 46.8 cm³/mol. The summed E-state index contributed by atoms with van der Waals surface area (Å²) in [5.41, 5.74) is 1.39. The first kappa shape index (κ1) is 8.56. The van der Waals surface area contributed by atoms with Crippen LogP contribution in [0, 0.1) is 0 Å². The lowest BCUT2D eigenvalue weighted by molar-refractivity contribution is 0.281. The number of hydrogen-bond acceptors (Lipinski definition) is 2. The second-order valence-corrected chi connectivity index (χ2v) is 2.51. The largest absolute Gasteiger partial charge is 0.482 e. The summed E-state index contributed by atoms with van der Waals surface area (Å²) in [5.74, 6) is 0.805. The summed E-state index contributed by atoms with van der Waals surface area (Å²) in [4.78, 5) is 0. The quantitative estimate of drug-likeness (QED) is 0.783. The summed E-state index contributed by atoms with van der Waals surface area (Å²) >= 11 is 3.15. The molecule has 1 aromatic carbocycles. The van der Waals surface area contributed by atoms with Crippen molar-refractivity contribution < 1.29 is 9.84 Å². The van der Waals surface area contributed by atoms with Crippen molar-refractivity contribution in [1.82, 2.24) is 0 Å². The van der Waals surface area contributed by atoms with Crippen LogP contribution in [0.25, 0.3) is 0 Å². The lowest BCUT2D eigenvalue weighted by Gasteiger charge is -2.01. The fourth-order valence-electron chi connectivity index (χ4n) is 0.754. The predicted octanol–water partition coefficient (Wildman–Crippen LogP) is 1.91. The first-order valence-corrected chi connectivity index (χ1v) is 4.37. The summed E-state index contributed by atoms with van der Waals surface area (Å²) in [6.07, 6.45) is 0. The topological polar surface area (TPSA) is 29.5 Å². The van der Waals surface area contributed by atoms with Gasteiger partial charge in [-0.3, -0.25) is 0 Å². The van der Waals surface area contributed by atoms with Crippen molar-refractivity contribution in [1.29, 1.82) is 0 Å². The zero-order valence-electron chi connectivity index (χ0n) is 5.96. The summed E-state index contributed by atoms with van der Waals surface area (Å²) < 4.78 is 5.14. The minimum Gasteiger partial charge on any atom is -0.482 e. The minimum absolute atomic E-state index is 0.0780. The van der Waals surface area contributed by atoms with Crippen LogP contribution in [0.4, 0.5) is 0 Å². The normalized spacial score (nSPS) is 9.64. The van der Waals surface area contributed by atoms with Gasteiger partial charge in [0.1, 0.15) is 11.3 Å². The van der Waals surface area contributed by atoms with Gasteiger partial charge in [0, 0.05) is 0 Å². The van der Waals surface area contributed by atoms with E-state index in [1.54, 1.807) is 0 Å². The van der Waals surface area contributed by atoms with Crippen LogP contribution in [0.5, 0.6) is 5.75 Å². The van der Waals surface area contributed by atoms with E-state index in [0.717, 1.165) is 11.3 Å². The van der Waals surface area contributed by atoms with E-state index in [1.807, 2.05) is 24.3 Å². The van der Waals surface area contributed by atoms with Crippen molar-refractivity contribution in [3.63, 3.8) is 0 Å². The average Bonchev–Trinajstić information content (AvgIpc) is 2.07. The molecule has 0 saturated carbocycles. The van der Waals surface area contributed by atoms with Crippen LogP contribution < -0.4 is 4.74 Å². The van der Waals surface area contributed by atoms with Gasteiger partial charge < -0.3 is 9.84 Å². The molecular formula is C8H9BrO2. The second kappa shape index (κ2) is 4.36. The van der Waals surface area contributed by atoms with E-state index in [2.05, 4.69) is 15.9 Å². The molecule has 0 aliphatic heterocycles. The molecular weight excluding hydrogens is 208 g/mol. The molecule has 0 bridgehead atoms. The third-order valence-corrected chi connectivity index (χ3v) is 1.56. The number of aliphatic hydroxyl groups is 1. The van der Waals surface area contributed by atoms with Gasteiger partial charge in [0.05, 0.1) is 6.61 Å². The van der Waals surface area contributed by atoms with Crippen molar-refractivity contribution in [2.45, 2.75) is 6.61 Å². The maximum atomic E-state index is 8.71. The Morgan fingerprint density at radius 2 is 1.91 bits per heavy atom. The van der Waals surface area contributed by atoms with Gasteiger partial charge >= 0.3 is 0 Å². The Balaban J connectivity index is 2.66. The molecule has 0 aliphatic rings. The molecule has 0 spiro atoms. The highest BCUT2D eigenvalue weighted by molar-refractivity contribution is 9.09. The molecule has 2 nitrogen and oxygen atoms in total. The number of aliphatic hydroxyl groups excluding tert-OH is 1. The SMILES string of the molecule is OCc1ccc(OCBr)cc1. The Kier molecular flexibility index (Phi) is 3.39. The molecule has 0 aliphatic carbocycles. The molecule has 0 unspecified atom stereocenters. The van der Waals surface area contributed by atoms with Crippen molar-refractivity contribution >= 4 is 15.9 Å². The summed E-state index contributed by atoms with van der Waals surface area (Å²) in [6.45, 7) is 0.0780. The van der Waals surface area contributed by atoms with Crippen LogP contribution in [0.15, 0.2) is 24.3 Å². The van der Waals surface area contributed by atoms with Crippen molar-refractivity contribution in [3.8, 4) is 5.75 Å². The van der Waals surface area contributed by atoms with E-state index in [1.165, 1.54) is 0 Å². The third kappa shape index (κ3) is 2.52. The molecule has 0 saturated heterocycles. The van der Waals surface area contributed by atoms with Crippen LogP contribution >= 0.6 is 15.9 Å². The molecule has 60 valence electrons. The molecule has 1 rings (SSSR count). The lowest BCUT2D eigenvalue weighted by Crippen LogP contribution is -1.88. The molecule has 0 fully saturated rings. The van der Waals surface area contributed by atoms with E-state index >= 15 is 0 Å². The molecule has 0 heterocycles. The summed E-state index contributed by atoms with van der Waals surface area (Å²) in [5, 5.41) is 8.71. The third-order valence-electron chi connectivity index (χ3n) is 1.33. The lowest BCUT2D eigenvalue weighted by atomic mass is 10.2. The monoisotopic (exact) mass is 216 g/mol. The molecule has 11 heavy (non-hydrogen) atoms. The van der Waals surface area contributed by atoms with Gasteiger partial charge in [0.15, 0.2) is 0 Å². The van der Waals surface area contributed by atoms with E-state index < -0.39 is 0 Å². The molecule has 1 aromatic rings. The fraction of sp³-hybridized carbons (Fsp3) is 0.250. The van der Waals surface area contributed by atoms with E-state index in [4.69, 9.17) is 9.84 Å². The van der Waals surface area contributed by atoms with Gasteiger partial charge in [-0.15, -0.1) is 0 Å². The maximum Gasteiger partial charge on any atom is 0.143 e. The van der Waals surface area contributed by atoms with Gasteiger partial charge in [0.25, 0.3) is 0 Å². The van der Waals surface area contributed by atoms with Gasteiger partial charge in [-0.2, -0.15) is 0 Å². The smallest absolute Gasteiger partial charge is 0.143 e. The van der Waals surface area contributed by atoms with Crippen LogP contribution in [0.3, 0.4) is 0 Å². The molecule has 0 atom stereocenters. The van der Waals surface area contributed by atoms with Crippen molar-refractivity contribution in [2.24, 2.45) is 0 Å². The van der Waals surface area contributed by atoms with E-state index in [0.29, 0.717) is 5.52 Å². The Bertz CT molecular complexity index is 208. The summed E-state index contributed by atoms with van der Waals surface area (Å²) in [7, 11) is 0. The highest BCUT2D eigenvalue weighted by Crippen LogP contribution is 2.12. The van der Waals surface area contributed by atoms with Crippen LogP contribution in [-0.4, -0.2) is 10.6 Å². The van der Waals surface area contributed by atoms with E-state index in [9.17, 15) is 0 Å². The zero-order valence-corrected chi connectivity index (χ0v) is 7.54. The Morgan fingerprint density at radius 1 is 1.27 bits per heavy atom. The van der Waals surface area contributed by atoms with Gasteiger partial charge in [-0.05, 0) is 33.6 Å². The highest BCUT2D eigenvalue weighted by Gasteiger charge is 1.91. The highest BCUT2D eigenvalue weighted by atomic mass is 79.9. The van der Waals surface area contributed by atoms with Crippen LogP contribution in [0.1, 0.15) is 5.56 Å². The minimum atomic E-state index is 0.0780. The zero-order chi connectivity index (χ0) is 8.10. The Hall–Kier alpha value is -0.540. The van der Waals surface area contributed by atoms with Gasteiger partial charge in [-0.25, -0.2) is 0 Å². The first-order chi connectivity index (χ1) is 5.36. The average molecular weight is 217 g/mol. The maximum absolute atomic E-state index is 8.71. The van der Waals surface area contributed by atoms with E-state index in [-0.39, 0.29) is 6.61 Å². The number of hydrogen-bond donors (Lipinski definition) is 1. The Labute approximate surface area is 73.9 Å². The van der Waals surface area contributed by atoms with Crippen LogP contribution in [0.2, 0.25) is 0 Å². The number of ether oxygens (including phenoxy) is 1. The molecule has 0 aromatic heterocycles. The standard InChI is InChI=1S/C8H9BrO2/c9-6-11-8-3-1-7(5-10)2-4-8/h1-4,10H,5-6H2. The Morgan fingerprint density at radius 3 is 2.36 bits per heavy atom. The van der Waals surface area contributed by atoms with Crippen molar-refractivity contribution in [2.75, 3.05) is 5.52 Å². The molecule has 1 N–H and O–H groups in total. The molecule has 0 radical (unpaired) electrons. The summed E-state index contributed by atoms with van der Waals surface area (Å²) in [6, 6.07) is 7.32.